The molecule has 1 aromatic carbocycles. The summed E-state index contributed by atoms with van der Waals surface area (Å²) in [5, 5.41) is 3.75. The maximum Gasteiger partial charge on any atom is 0.0469 e. The summed E-state index contributed by atoms with van der Waals surface area (Å²) in [5.41, 5.74) is 2.47. The first-order chi connectivity index (χ1) is 10.2. The third kappa shape index (κ3) is 3.49. The summed E-state index contributed by atoms with van der Waals surface area (Å²) in [7, 11) is 0. The molecule has 1 aliphatic rings. The van der Waals surface area contributed by atoms with Crippen molar-refractivity contribution in [3.8, 4) is 5.69 Å². The van der Waals surface area contributed by atoms with Crippen LogP contribution in [0.5, 0.6) is 0 Å². The number of rotatable bonds is 4. The van der Waals surface area contributed by atoms with Gasteiger partial charge in [-0.25, -0.2) is 0 Å². The molecule has 0 bridgehead atoms. The van der Waals surface area contributed by atoms with Crippen LogP contribution in [0, 0.1) is 11.8 Å². The van der Waals surface area contributed by atoms with E-state index < -0.39 is 0 Å². The number of aromatic nitrogens is 1. The average molecular weight is 282 g/mol. The number of hydrogen-bond acceptors (Lipinski definition) is 1. The topological polar surface area (TPSA) is 17.0 Å². The van der Waals surface area contributed by atoms with Gasteiger partial charge in [0.05, 0.1) is 0 Å². The SMILES string of the molecule is CC(C)C1CCCC(Nc2cccc(-n3cccc3)c2)C1. The molecular weight excluding hydrogens is 256 g/mol. The fourth-order valence-corrected chi connectivity index (χ4v) is 3.46. The molecule has 2 aromatic rings. The summed E-state index contributed by atoms with van der Waals surface area (Å²) in [5.74, 6) is 1.68. The van der Waals surface area contributed by atoms with Gasteiger partial charge in [0.25, 0.3) is 0 Å². The minimum atomic E-state index is 0.631. The van der Waals surface area contributed by atoms with Gasteiger partial charge in [0.2, 0.25) is 0 Å². The minimum absolute atomic E-state index is 0.631. The highest BCUT2D eigenvalue weighted by Crippen LogP contribution is 2.31. The largest absolute Gasteiger partial charge is 0.382 e. The van der Waals surface area contributed by atoms with Gasteiger partial charge in [-0.15, -0.1) is 0 Å². The van der Waals surface area contributed by atoms with Gasteiger partial charge in [0.15, 0.2) is 0 Å². The van der Waals surface area contributed by atoms with Gasteiger partial charge >= 0.3 is 0 Å². The van der Waals surface area contributed by atoms with Crippen molar-refractivity contribution in [1.82, 2.24) is 4.57 Å². The van der Waals surface area contributed by atoms with Gasteiger partial charge in [-0.2, -0.15) is 0 Å². The van der Waals surface area contributed by atoms with Gasteiger partial charge in [0.1, 0.15) is 0 Å². The van der Waals surface area contributed by atoms with E-state index in [0.29, 0.717) is 6.04 Å². The molecule has 21 heavy (non-hydrogen) atoms. The molecule has 3 rings (SSSR count). The first kappa shape index (κ1) is 14.2. The Labute approximate surface area is 128 Å². The van der Waals surface area contributed by atoms with Crippen molar-refractivity contribution in [2.24, 2.45) is 11.8 Å². The third-order valence-corrected chi connectivity index (χ3v) is 4.78. The Morgan fingerprint density at radius 2 is 1.90 bits per heavy atom. The zero-order chi connectivity index (χ0) is 14.7. The maximum absolute atomic E-state index is 3.75. The molecule has 2 heteroatoms. The third-order valence-electron chi connectivity index (χ3n) is 4.78. The Bertz CT molecular complexity index is 557. The van der Waals surface area contributed by atoms with Crippen LogP contribution in [0.3, 0.4) is 0 Å². The maximum atomic E-state index is 3.75. The van der Waals surface area contributed by atoms with Crippen LogP contribution in [-0.2, 0) is 0 Å². The lowest BCUT2D eigenvalue weighted by molar-refractivity contribution is 0.264. The van der Waals surface area contributed by atoms with E-state index in [2.05, 4.69) is 72.5 Å². The molecule has 2 atom stereocenters. The summed E-state index contributed by atoms with van der Waals surface area (Å²) in [6, 6.07) is 13.5. The smallest absolute Gasteiger partial charge is 0.0469 e. The minimum Gasteiger partial charge on any atom is -0.382 e. The van der Waals surface area contributed by atoms with E-state index in [-0.39, 0.29) is 0 Å². The quantitative estimate of drug-likeness (QED) is 0.825. The Balaban J connectivity index is 1.69. The molecule has 1 N–H and O–H groups in total. The van der Waals surface area contributed by atoms with E-state index in [1.54, 1.807) is 0 Å². The molecule has 1 aliphatic carbocycles. The molecule has 2 unspecified atom stereocenters. The van der Waals surface area contributed by atoms with Crippen molar-refractivity contribution in [2.75, 3.05) is 5.32 Å². The van der Waals surface area contributed by atoms with E-state index in [4.69, 9.17) is 0 Å². The molecular formula is C19H26N2. The van der Waals surface area contributed by atoms with Crippen LogP contribution in [0.15, 0.2) is 48.8 Å². The second kappa shape index (κ2) is 6.38. The first-order valence-corrected chi connectivity index (χ1v) is 8.22. The fraction of sp³-hybridized carbons (Fsp3) is 0.474. The van der Waals surface area contributed by atoms with Crippen molar-refractivity contribution in [1.29, 1.82) is 0 Å². The molecule has 0 aliphatic heterocycles. The zero-order valence-electron chi connectivity index (χ0n) is 13.1. The number of nitrogens with zero attached hydrogens (tertiary/aromatic N) is 1. The lowest BCUT2D eigenvalue weighted by Gasteiger charge is -2.32. The molecule has 112 valence electrons. The second-order valence-corrected chi connectivity index (χ2v) is 6.65. The lowest BCUT2D eigenvalue weighted by atomic mass is 9.79. The number of benzene rings is 1. The van der Waals surface area contributed by atoms with Gasteiger partial charge in [0, 0.05) is 29.8 Å². The number of anilines is 1. The summed E-state index contributed by atoms with van der Waals surface area (Å²) >= 11 is 0. The Hall–Kier alpha value is -1.70. The molecule has 1 heterocycles. The Morgan fingerprint density at radius 1 is 1.10 bits per heavy atom. The van der Waals surface area contributed by atoms with Crippen LogP contribution in [-0.4, -0.2) is 10.6 Å². The second-order valence-electron chi connectivity index (χ2n) is 6.65. The van der Waals surface area contributed by atoms with Gasteiger partial charge in [-0.05, 0) is 55.0 Å². The fourth-order valence-electron chi connectivity index (χ4n) is 3.46. The first-order valence-electron chi connectivity index (χ1n) is 8.22. The van der Waals surface area contributed by atoms with E-state index >= 15 is 0 Å². The Kier molecular flexibility index (Phi) is 4.33. The predicted molar refractivity (Wildman–Crippen MR) is 90.0 cm³/mol. The highest BCUT2D eigenvalue weighted by molar-refractivity contribution is 5.51. The van der Waals surface area contributed by atoms with E-state index in [1.807, 2.05) is 0 Å². The number of nitrogens with one attached hydrogen (secondary N) is 1. The van der Waals surface area contributed by atoms with Crippen LogP contribution < -0.4 is 5.32 Å². The summed E-state index contributed by atoms with van der Waals surface area (Å²) in [6.07, 6.45) is 9.56. The molecule has 1 fully saturated rings. The molecule has 0 spiro atoms. The van der Waals surface area contributed by atoms with Crippen molar-refractivity contribution in [2.45, 2.75) is 45.6 Å². The van der Waals surface area contributed by atoms with Gasteiger partial charge in [-0.3, -0.25) is 0 Å². The van der Waals surface area contributed by atoms with Crippen LogP contribution in [0.25, 0.3) is 5.69 Å². The molecule has 1 saturated carbocycles. The van der Waals surface area contributed by atoms with Crippen LogP contribution in [0.1, 0.15) is 39.5 Å². The van der Waals surface area contributed by atoms with Crippen molar-refractivity contribution >= 4 is 5.69 Å². The average Bonchev–Trinajstić information content (AvgIpc) is 3.02. The van der Waals surface area contributed by atoms with E-state index in [1.165, 1.54) is 37.1 Å². The van der Waals surface area contributed by atoms with Crippen molar-refractivity contribution in [3.05, 3.63) is 48.8 Å². The molecule has 1 aromatic heterocycles. The lowest BCUT2D eigenvalue weighted by Crippen LogP contribution is -2.29. The van der Waals surface area contributed by atoms with Crippen LogP contribution in [0.4, 0.5) is 5.69 Å². The molecule has 0 amide bonds. The molecule has 0 saturated heterocycles. The van der Waals surface area contributed by atoms with Gasteiger partial charge < -0.3 is 9.88 Å². The summed E-state index contributed by atoms with van der Waals surface area (Å²) in [4.78, 5) is 0. The van der Waals surface area contributed by atoms with E-state index in [9.17, 15) is 0 Å². The summed E-state index contributed by atoms with van der Waals surface area (Å²) in [6.45, 7) is 4.72. The van der Waals surface area contributed by atoms with E-state index in [0.717, 1.165) is 11.8 Å². The van der Waals surface area contributed by atoms with Gasteiger partial charge in [-0.1, -0.05) is 32.8 Å². The monoisotopic (exact) mass is 282 g/mol. The van der Waals surface area contributed by atoms with Crippen LogP contribution in [0.2, 0.25) is 0 Å². The number of hydrogen-bond donors (Lipinski definition) is 1. The highest BCUT2D eigenvalue weighted by atomic mass is 15.0. The Morgan fingerprint density at radius 3 is 2.67 bits per heavy atom. The van der Waals surface area contributed by atoms with Crippen LogP contribution >= 0.6 is 0 Å². The zero-order valence-corrected chi connectivity index (χ0v) is 13.1. The van der Waals surface area contributed by atoms with Crippen molar-refractivity contribution in [3.63, 3.8) is 0 Å². The predicted octanol–water partition coefficient (Wildman–Crippen LogP) is 5.10. The van der Waals surface area contributed by atoms with Crippen molar-refractivity contribution < 1.29 is 0 Å². The summed E-state index contributed by atoms with van der Waals surface area (Å²) < 4.78 is 2.16. The molecule has 0 radical (unpaired) electrons. The molecule has 2 nitrogen and oxygen atoms in total. The standard InChI is InChI=1S/C19H26N2/c1-15(2)16-7-5-8-17(13-16)20-18-9-6-10-19(14-18)21-11-3-4-12-21/h3-4,6,9-12,14-17,20H,5,7-8,13H2,1-2H3. The normalized spacial score (nSPS) is 22.4. The highest BCUT2D eigenvalue weighted by Gasteiger charge is 2.23.